The van der Waals surface area contributed by atoms with E-state index in [4.69, 9.17) is 0 Å². The van der Waals surface area contributed by atoms with E-state index in [1.54, 1.807) is 0 Å². The van der Waals surface area contributed by atoms with E-state index in [9.17, 15) is 5.26 Å². The summed E-state index contributed by atoms with van der Waals surface area (Å²) in [7, 11) is 2.07. The van der Waals surface area contributed by atoms with Gasteiger partial charge >= 0.3 is 0 Å². The second-order valence-electron chi connectivity index (χ2n) is 5.43. The van der Waals surface area contributed by atoms with Crippen LogP contribution in [0.2, 0.25) is 0 Å². The first-order chi connectivity index (χ1) is 10.8. The molecule has 1 heterocycles. The van der Waals surface area contributed by atoms with Gasteiger partial charge in [-0.1, -0.05) is 36.4 Å². The topological polar surface area (TPSA) is 39.9 Å². The molecule has 0 saturated carbocycles. The van der Waals surface area contributed by atoms with E-state index >= 15 is 0 Å². The minimum Gasteiger partial charge on any atom is -0.298 e. The first-order valence-corrected chi connectivity index (χ1v) is 7.27. The number of hydrogen-bond acceptors (Lipinski definition) is 3. The third-order valence-electron chi connectivity index (χ3n) is 3.75. The maximum absolute atomic E-state index is 9.19. The predicted octanol–water partition coefficient (Wildman–Crippen LogP) is 3.74. The van der Waals surface area contributed by atoms with Crippen molar-refractivity contribution in [1.29, 1.82) is 5.26 Å². The summed E-state index contributed by atoms with van der Waals surface area (Å²) in [5.41, 5.74) is 4.08. The molecular formula is C19H17N3. The molecule has 0 bridgehead atoms. The van der Waals surface area contributed by atoms with Gasteiger partial charge in [-0.25, -0.2) is 0 Å². The maximum atomic E-state index is 9.19. The van der Waals surface area contributed by atoms with Gasteiger partial charge in [0.2, 0.25) is 0 Å². The van der Waals surface area contributed by atoms with Crippen LogP contribution in [0.25, 0.3) is 10.9 Å². The lowest BCUT2D eigenvalue weighted by atomic mass is 10.1. The summed E-state index contributed by atoms with van der Waals surface area (Å²) in [6, 6.07) is 20.3. The molecule has 0 aliphatic rings. The number of rotatable bonds is 4. The molecule has 3 aromatic rings. The minimum atomic E-state index is 0.744. The normalized spacial score (nSPS) is 10.8. The molecule has 0 radical (unpaired) electrons. The first kappa shape index (κ1) is 14.2. The number of benzene rings is 2. The summed E-state index contributed by atoms with van der Waals surface area (Å²) >= 11 is 0. The third-order valence-corrected chi connectivity index (χ3v) is 3.75. The second kappa shape index (κ2) is 6.38. The van der Waals surface area contributed by atoms with E-state index in [0.717, 1.165) is 29.7 Å². The highest BCUT2D eigenvalue weighted by molar-refractivity contribution is 5.81. The maximum Gasteiger partial charge on any atom is 0.0995 e. The van der Waals surface area contributed by atoms with Gasteiger partial charge < -0.3 is 0 Å². The Kier molecular flexibility index (Phi) is 4.13. The molecule has 0 atom stereocenters. The number of hydrogen-bond donors (Lipinski definition) is 0. The van der Waals surface area contributed by atoms with E-state index < -0.39 is 0 Å². The Balaban J connectivity index is 1.82. The van der Waals surface area contributed by atoms with Gasteiger partial charge in [0.05, 0.1) is 17.1 Å². The standard InChI is InChI=1S/C19H17N3/c1-22(13-16-7-3-2-6-15(16)12-20)14-17-8-4-10-19-18(17)9-5-11-21-19/h2-11H,13-14H2,1H3. The van der Waals surface area contributed by atoms with Gasteiger partial charge in [-0.2, -0.15) is 5.26 Å². The molecule has 0 saturated heterocycles. The molecule has 1 aromatic heterocycles. The molecule has 0 N–H and O–H groups in total. The molecule has 0 aliphatic heterocycles. The zero-order chi connectivity index (χ0) is 15.4. The fraction of sp³-hybridized carbons (Fsp3) is 0.158. The quantitative estimate of drug-likeness (QED) is 0.734. The van der Waals surface area contributed by atoms with Crippen LogP contribution >= 0.6 is 0 Å². The summed E-state index contributed by atoms with van der Waals surface area (Å²) in [6.07, 6.45) is 1.82. The van der Waals surface area contributed by atoms with Crippen molar-refractivity contribution in [2.24, 2.45) is 0 Å². The van der Waals surface area contributed by atoms with Crippen LogP contribution in [0.1, 0.15) is 16.7 Å². The molecular weight excluding hydrogens is 270 g/mol. The lowest BCUT2D eigenvalue weighted by Crippen LogP contribution is -2.18. The number of pyridine rings is 1. The highest BCUT2D eigenvalue weighted by Gasteiger charge is 2.08. The monoisotopic (exact) mass is 287 g/mol. The van der Waals surface area contributed by atoms with Crippen molar-refractivity contribution in [3.63, 3.8) is 0 Å². The average Bonchev–Trinajstić information content (AvgIpc) is 2.55. The lowest BCUT2D eigenvalue weighted by Gasteiger charge is -2.18. The van der Waals surface area contributed by atoms with Crippen LogP contribution in [0, 0.1) is 11.3 Å². The molecule has 22 heavy (non-hydrogen) atoms. The number of nitrogens with zero attached hydrogens (tertiary/aromatic N) is 3. The van der Waals surface area contributed by atoms with Crippen molar-refractivity contribution in [1.82, 2.24) is 9.88 Å². The van der Waals surface area contributed by atoms with Gasteiger partial charge in [-0.15, -0.1) is 0 Å². The number of aromatic nitrogens is 1. The molecule has 3 rings (SSSR count). The third kappa shape index (κ3) is 2.98. The van der Waals surface area contributed by atoms with Gasteiger partial charge in [0.25, 0.3) is 0 Å². The SMILES string of the molecule is CN(Cc1ccccc1C#N)Cc1cccc2ncccc12. The summed E-state index contributed by atoms with van der Waals surface area (Å²) in [4.78, 5) is 6.62. The van der Waals surface area contributed by atoms with Crippen molar-refractivity contribution >= 4 is 10.9 Å². The van der Waals surface area contributed by atoms with Gasteiger partial charge in [0, 0.05) is 24.7 Å². The van der Waals surface area contributed by atoms with E-state index in [1.807, 2.05) is 48.7 Å². The molecule has 0 unspecified atom stereocenters. The van der Waals surface area contributed by atoms with Crippen LogP contribution in [0.4, 0.5) is 0 Å². The molecule has 108 valence electrons. The fourth-order valence-electron chi connectivity index (χ4n) is 2.71. The Morgan fingerprint density at radius 2 is 1.73 bits per heavy atom. The Morgan fingerprint density at radius 3 is 2.59 bits per heavy atom. The van der Waals surface area contributed by atoms with Crippen LogP contribution in [0.3, 0.4) is 0 Å². The zero-order valence-electron chi connectivity index (χ0n) is 12.5. The molecule has 3 heteroatoms. The fourth-order valence-corrected chi connectivity index (χ4v) is 2.71. The Labute approximate surface area is 130 Å². The molecule has 0 spiro atoms. The van der Waals surface area contributed by atoms with E-state index in [-0.39, 0.29) is 0 Å². The Hall–Kier alpha value is -2.70. The molecule has 0 aliphatic carbocycles. The van der Waals surface area contributed by atoms with Crippen molar-refractivity contribution in [3.8, 4) is 6.07 Å². The zero-order valence-corrected chi connectivity index (χ0v) is 12.5. The van der Waals surface area contributed by atoms with E-state index in [0.29, 0.717) is 0 Å². The smallest absolute Gasteiger partial charge is 0.0995 e. The predicted molar refractivity (Wildman–Crippen MR) is 88.1 cm³/mol. The molecule has 2 aromatic carbocycles. The van der Waals surface area contributed by atoms with Gasteiger partial charge in [-0.3, -0.25) is 9.88 Å². The Bertz CT molecular complexity index is 828. The van der Waals surface area contributed by atoms with Crippen molar-refractivity contribution in [2.45, 2.75) is 13.1 Å². The average molecular weight is 287 g/mol. The molecule has 0 amide bonds. The highest BCUT2D eigenvalue weighted by atomic mass is 15.1. The summed E-state index contributed by atoms with van der Waals surface area (Å²) in [5, 5.41) is 10.4. The molecule has 3 nitrogen and oxygen atoms in total. The second-order valence-corrected chi connectivity index (χ2v) is 5.43. The minimum absolute atomic E-state index is 0.744. The summed E-state index contributed by atoms with van der Waals surface area (Å²) in [5.74, 6) is 0. The van der Waals surface area contributed by atoms with Crippen molar-refractivity contribution < 1.29 is 0 Å². The van der Waals surface area contributed by atoms with Gasteiger partial charge in [0.1, 0.15) is 0 Å². The van der Waals surface area contributed by atoms with E-state index in [2.05, 4.69) is 35.1 Å². The van der Waals surface area contributed by atoms with Crippen LogP contribution < -0.4 is 0 Å². The summed E-state index contributed by atoms with van der Waals surface area (Å²) < 4.78 is 0. The first-order valence-electron chi connectivity index (χ1n) is 7.27. The van der Waals surface area contributed by atoms with Crippen molar-refractivity contribution in [2.75, 3.05) is 7.05 Å². The highest BCUT2D eigenvalue weighted by Crippen LogP contribution is 2.19. The Morgan fingerprint density at radius 1 is 0.955 bits per heavy atom. The van der Waals surface area contributed by atoms with Gasteiger partial charge in [-0.05, 0) is 36.4 Å². The van der Waals surface area contributed by atoms with Crippen molar-refractivity contribution in [3.05, 3.63) is 77.5 Å². The summed E-state index contributed by atoms with van der Waals surface area (Å²) in [6.45, 7) is 1.57. The number of nitriles is 1. The van der Waals surface area contributed by atoms with Gasteiger partial charge in [0.15, 0.2) is 0 Å². The molecule has 0 fully saturated rings. The van der Waals surface area contributed by atoms with Crippen LogP contribution in [0.15, 0.2) is 60.8 Å². The van der Waals surface area contributed by atoms with E-state index in [1.165, 1.54) is 10.9 Å². The van der Waals surface area contributed by atoms with Crippen LogP contribution in [0.5, 0.6) is 0 Å². The largest absolute Gasteiger partial charge is 0.298 e. The lowest BCUT2D eigenvalue weighted by molar-refractivity contribution is 0.320. The van der Waals surface area contributed by atoms with Crippen LogP contribution in [-0.4, -0.2) is 16.9 Å². The number of fused-ring (bicyclic) bond motifs is 1. The van der Waals surface area contributed by atoms with Crippen LogP contribution in [-0.2, 0) is 13.1 Å².